The van der Waals surface area contributed by atoms with Crippen molar-refractivity contribution < 1.29 is 38.4 Å². The van der Waals surface area contributed by atoms with E-state index in [4.69, 9.17) is 51.6 Å². The number of anilines is 1. The smallest absolute Gasteiger partial charge is 0.345 e. The fourth-order valence-electron chi connectivity index (χ4n) is 5.31. The number of carbonyl (C=O) groups excluding carboxylic acids is 1. The second-order valence-corrected chi connectivity index (χ2v) is 13.1. The summed E-state index contributed by atoms with van der Waals surface area (Å²) in [5.41, 5.74) is 1.57. The molecule has 3 aromatic rings. The van der Waals surface area contributed by atoms with Gasteiger partial charge in [0, 0.05) is 4.90 Å². The Bertz CT molecular complexity index is 1500. The van der Waals surface area contributed by atoms with Crippen molar-refractivity contribution in [2.24, 2.45) is 0 Å². The molecule has 2 N–H and O–H groups in total. The van der Waals surface area contributed by atoms with Crippen molar-refractivity contribution in [1.29, 1.82) is 0 Å². The van der Waals surface area contributed by atoms with Crippen molar-refractivity contribution in [3.05, 3.63) is 63.6 Å². The Morgan fingerprint density at radius 2 is 1.51 bits per heavy atom. The predicted octanol–water partition coefficient (Wildman–Crippen LogP) is 9.55. The highest BCUT2D eigenvalue weighted by Crippen LogP contribution is 2.48. The molecule has 0 spiro atoms. The topological polar surface area (TPSA) is 108 Å². The van der Waals surface area contributed by atoms with E-state index >= 15 is 0 Å². The Kier molecular flexibility index (Phi) is 13.4. The SMILES string of the molecule is CCCCCN(O)C(=O)Nc1cc(C2CCC(c3cc(OC)c(OC)c(OC)c3)O2)cc(OC)c1OC(C)Sc1ccc(Cl)c(Cl)c1. The molecule has 256 valence electrons. The number of hydrogen-bond donors (Lipinski definition) is 2. The quantitative estimate of drug-likeness (QED) is 0.0525. The number of benzene rings is 3. The summed E-state index contributed by atoms with van der Waals surface area (Å²) >= 11 is 13.7. The molecule has 2 amide bonds. The summed E-state index contributed by atoms with van der Waals surface area (Å²) in [6.07, 6.45) is 3.37. The Labute approximate surface area is 290 Å². The van der Waals surface area contributed by atoms with Crippen molar-refractivity contribution in [3.8, 4) is 28.7 Å². The molecule has 1 aliphatic heterocycles. The standard InChI is InChI=1S/C34H42Cl2N2O8S/c1-7-8-9-14-38(40)34(39)37-26-15-21(16-29(41-3)32(26)45-20(2)47-23-10-11-24(35)25(36)19-23)27-12-13-28(46-27)22-17-30(42-4)33(44-6)31(18-22)43-5/h10-11,15-20,27-28,40H,7-9,12-14H2,1-6H3,(H,37,39). The minimum absolute atomic E-state index is 0.193. The summed E-state index contributed by atoms with van der Waals surface area (Å²) in [6, 6.07) is 12.1. The van der Waals surface area contributed by atoms with Gasteiger partial charge in [-0.25, -0.2) is 9.86 Å². The summed E-state index contributed by atoms with van der Waals surface area (Å²) in [5.74, 6) is 2.30. The van der Waals surface area contributed by atoms with Crippen LogP contribution in [0.4, 0.5) is 10.5 Å². The van der Waals surface area contributed by atoms with Crippen LogP contribution in [0.2, 0.25) is 10.0 Å². The number of thioether (sulfide) groups is 1. The third-order valence-corrected chi connectivity index (χ3v) is 9.37. The van der Waals surface area contributed by atoms with Gasteiger partial charge in [0.05, 0.1) is 62.9 Å². The van der Waals surface area contributed by atoms with Crippen molar-refractivity contribution in [2.75, 3.05) is 40.3 Å². The number of hydroxylamine groups is 2. The molecule has 13 heteroatoms. The van der Waals surface area contributed by atoms with Crippen LogP contribution in [0.1, 0.15) is 69.3 Å². The molecule has 0 radical (unpaired) electrons. The number of ether oxygens (including phenoxy) is 6. The molecule has 0 saturated carbocycles. The zero-order chi connectivity index (χ0) is 34.1. The summed E-state index contributed by atoms with van der Waals surface area (Å²) in [4.78, 5) is 14.0. The molecule has 3 unspecified atom stereocenters. The number of carbonyl (C=O) groups is 1. The van der Waals surface area contributed by atoms with E-state index in [1.54, 1.807) is 39.5 Å². The van der Waals surface area contributed by atoms with Gasteiger partial charge in [-0.15, -0.1) is 0 Å². The lowest BCUT2D eigenvalue weighted by Crippen LogP contribution is -2.33. The Morgan fingerprint density at radius 1 is 0.915 bits per heavy atom. The van der Waals surface area contributed by atoms with Crippen LogP contribution in [0, 0.1) is 0 Å². The second kappa shape index (κ2) is 17.3. The summed E-state index contributed by atoms with van der Waals surface area (Å²) < 4.78 is 35.3. The number of nitrogens with one attached hydrogen (secondary N) is 1. The van der Waals surface area contributed by atoms with E-state index in [2.05, 4.69) is 12.2 Å². The lowest BCUT2D eigenvalue weighted by Gasteiger charge is -2.24. The van der Waals surface area contributed by atoms with Crippen molar-refractivity contribution in [3.63, 3.8) is 0 Å². The maximum atomic E-state index is 13.1. The number of unbranched alkanes of at least 4 members (excludes halogenated alkanes) is 2. The molecule has 1 aliphatic rings. The molecule has 0 aromatic heterocycles. The average Bonchev–Trinajstić information content (AvgIpc) is 3.57. The van der Waals surface area contributed by atoms with E-state index in [0.717, 1.165) is 35.3 Å². The molecule has 3 aromatic carbocycles. The molecular formula is C34H42Cl2N2O8S. The number of halogens is 2. The third-order valence-electron chi connectivity index (χ3n) is 7.67. The first-order valence-electron chi connectivity index (χ1n) is 15.3. The highest BCUT2D eigenvalue weighted by molar-refractivity contribution is 7.99. The summed E-state index contributed by atoms with van der Waals surface area (Å²) in [6.45, 7) is 4.12. The maximum absolute atomic E-state index is 13.1. The lowest BCUT2D eigenvalue weighted by molar-refractivity contribution is -0.0382. The van der Waals surface area contributed by atoms with Crippen molar-refractivity contribution in [1.82, 2.24) is 5.06 Å². The number of hydrogen-bond acceptors (Lipinski definition) is 9. The van der Waals surface area contributed by atoms with Crippen LogP contribution in [0.15, 0.2) is 47.4 Å². The number of urea groups is 1. The fraction of sp³-hybridized carbons (Fsp3) is 0.441. The monoisotopic (exact) mass is 708 g/mol. The highest BCUT2D eigenvalue weighted by atomic mass is 35.5. The average molecular weight is 710 g/mol. The first-order chi connectivity index (χ1) is 22.6. The van der Waals surface area contributed by atoms with Gasteiger partial charge in [-0.1, -0.05) is 54.7 Å². The van der Waals surface area contributed by atoms with E-state index in [0.29, 0.717) is 62.4 Å². The first kappa shape index (κ1) is 36.6. The van der Waals surface area contributed by atoms with Gasteiger partial charge in [0.1, 0.15) is 5.44 Å². The minimum Gasteiger partial charge on any atom is -0.493 e. The molecular weight excluding hydrogens is 667 g/mol. The molecule has 0 bridgehead atoms. The maximum Gasteiger partial charge on any atom is 0.345 e. The number of nitrogens with zero attached hydrogens (tertiary/aromatic N) is 1. The fourth-order valence-corrected chi connectivity index (χ4v) is 6.54. The first-order valence-corrected chi connectivity index (χ1v) is 17.0. The molecule has 1 heterocycles. The Hall–Kier alpha value is -3.22. The normalized spacial score (nSPS) is 16.4. The van der Waals surface area contributed by atoms with Crippen LogP contribution in [0.3, 0.4) is 0 Å². The van der Waals surface area contributed by atoms with E-state index in [1.165, 1.54) is 18.9 Å². The highest BCUT2D eigenvalue weighted by Gasteiger charge is 2.31. The second-order valence-electron chi connectivity index (χ2n) is 10.9. The summed E-state index contributed by atoms with van der Waals surface area (Å²) in [5, 5.41) is 14.9. The minimum atomic E-state index is -0.683. The Balaban J connectivity index is 1.63. The van der Waals surface area contributed by atoms with Gasteiger partial charge in [0.15, 0.2) is 23.0 Å². The van der Waals surface area contributed by atoms with Gasteiger partial charge in [0.25, 0.3) is 0 Å². The van der Waals surface area contributed by atoms with Crippen molar-refractivity contribution in [2.45, 2.75) is 68.5 Å². The van der Waals surface area contributed by atoms with Crippen molar-refractivity contribution >= 4 is 46.7 Å². The van der Waals surface area contributed by atoms with Crippen LogP contribution >= 0.6 is 35.0 Å². The molecule has 3 atom stereocenters. The number of amides is 2. The van der Waals surface area contributed by atoms with Gasteiger partial charge in [-0.2, -0.15) is 0 Å². The van der Waals surface area contributed by atoms with Gasteiger partial charge >= 0.3 is 6.03 Å². The van der Waals surface area contributed by atoms with Gasteiger partial charge in [-0.05, 0) is 79.8 Å². The van der Waals surface area contributed by atoms with E-state index in [-0.39, 0.29) is 18.8 Å². The van der Waals surface area contributed by atoms with E-state index in [1.807, 2.05) is 31.2 Å². The summed E-state index contributed by atoms with van der Waals surface area (Å²) in [7, 11) is 6.25. The van der Waals surface area contributed by atoms with Crippen LogP contribution in [-0.4, -0.2) is 56.7 Å². The van der Waals surface area contributed by atoms with Gasteiger partial charge < -0.3 is 33.7 Å². The zero-order valence-electron chi connectivity index (χ0n) is 27.4. The Morgan fingerprint density at radius 3 is 2.06 bits per heavy atom. The zero-order valence-corrected chi connectivity index (χ0v) is 29.8. The molecule has 47 heavy (non-hydrogen) atoms. The largest absolute Gasteiger partial charge is 0.493 e. The van der Waals surface area contributed by atoms with Crippen LogP contribution in [0.5, 0.6) is 28.7 Å². The molecule has 1 fully saturated rings. The molecule has 1 saturated heterocycles. The molecule has 0 aliphatic carbocycles. The third kappa shape index (κ3) is 9.23. The molecule has 10 nitrogen and oxygen atoms in total. The molecule has 4 rings (SSSR count). The predicted molar refractivity (Wildman–Crippen MR) is 184 cm³/mol. The van der Waals surface area contributed by atoms with Gasteiger partial charge in [0.2, 0.25) is 5.75 Å². The van der Waals surface area contributed by atoms with Crippen LogP contribution in [0.25, 0.3) is 0 Å². The number of methoxy groups -OCH3 is 4. The number of rotatable bonds is 15. The van der Waals surface area contributed by atoms with Crippen LogP contribution < -0.4 is 29.0 Å². The van der Waals surface area contributed by atoms with Crippen LogP contribution in [-0.2, 0) is 4.74 Å². The lowest BCUT2D eigenvalue weighted by atomic mass is 10.0. The van der Waals surface area contributed by atoms with E-state index < -0.39 is 11.5 Å². The van der Waals surface area contributed by atoms with Gasteiger partial charge in [-0.3, -0.25) is 5.21 Å². The van der Waals surface area contributed by atoms with E-state index in [9.17, 15) is 10.0 Å².